The number of benzene rings is 2. The second kappa shape index (κ2) is 9.02. The van der Waals surface area contributed by atoms with Gasteiger partial charge in [-0.25, -0.2) is 0 Å². The molecular formula is C22H28N2O3. The van der Waals surface area contributed by atoms with Crippen LogP contribution in [0.4, 0.5) is 0 Å². The summed E-state index contributed by atoms with van der Waals surface area (Å²) in [7, 11) is 1.67. The number of nitrogens with one attached hydrogen (secondary N) is 1. The van der Waals surface area contributed by atoms with Crippen molar-refractivity contribution in [3.05, 3.63) is 65.2 Å². The van der Waals surface area contributed by atoms with Crippen molar-refractivity contribution in [3.63, 3.8) is 0 Å². The molecule has 0 radical (unpaired) electrons. The number of nitrogens with zero attached hydrogens (tertiary/aromatic N) is 1. The van der Waals surface area contributed by atoms with Gasteiger partial charge in [0.1, 0.15) is 5.75 Å². The van der Waals surface area contributed by atoms with Crippen LogP contribution in [-0.2, 0) is 17.8 Å². The molecule has 1 aliphatic heterocycles. The highest BCUT2D eigenvalue weighted by Gasteiger charge is 2.26. The first kappa shape index (κ1) is 19.4. The summed E-state index contributed by atoms with van der Waals surface area (Å²) in [6.07, 6.45) is 0.165. The van der Waals surface area contributed by atoms with Gasteiger partial charge in [0.2, 0.25) is 0 Å². The first-order valence-corrected chi connectivity index (χ1v) is 9.42. The second-order valence-electron chi connectivity index (χ2n) is 7.12. The highest BCUT2D eigenvalue weighted by molar-refractivity contribution is 5.94. The zero-order valence-electron chi connectivity index (χ0n) is 16.3. The van der Waals surface area contributed by atoms with E-state index in [0.717, 1.165) is 30.0 Å². The Morgan fingerprint density at radius 2 is 1.52 bits per heavy atom. The third-order valence-corrected chi connectivity index (χ3v) is 4.73. The molecule has 1 amide bonds. The Morgan fingerprint density at radius 3 is 2.04 bits per heavy atom. The molecule has 0 bridgehead atoms. The molecule has 1 saturated heterocycles. The van der Waals surface area contributed by atoms with E-state index in [-0.39, 0.29) is 18.1 Å². The number of carbonyl (C=O) groups excluding carboxylic acids is 1. The van der Waals surface area contributed by atoms with Gasteiger partial charge in [-0.1, -0.05) is 24.3 Å². The molecule has 3 rings (SSSR count). The maximum atomic E-state index is 12.7. The van der Waals surface area contributed by atoms with E-state index in [1.54, 1.807) is 7.11 Å². The molecule has 1 fully saturated rings. The summed E-state index contributed by atoms with van der Waals surface area (Å²) in [5.74, 6) is 0.942. The number of morpholine rings is 1. The van der Waals surface area contributed by atoms with E-state index in [0.29, 0.717) is 13.1 Å². The number of ether oxygens (including phenoxy) is 2. The summed E-state index contributed by atoms with van der Waals surface area (Å²) in [6, 6.07) is 15.9. The zero-order valence-corrected chi connectivity index (χ0v) is 16.3. The quantitative estimate of drug-likeness (QED) is 0.850. The molecule has 5 nitrogen and oxygen atoms in total. The molecule has 5 heteroatoms. The van der Waals surface area contributed by atoms with E-state index in [1.165, 1.54) is 5.56 Å². The maximum Gasteiger partial charge on any atom is 0.254 e. The molecule has 1 heterocycles. The largest absolute Gasteiger partial charge is 0.497 e. The van der Waals surface area contributed by atoms with Crippen molar-refractivity contribution in [1.29, 1.82) is 0 Å². The SMILES string of the molecule is COc1ccc(CNCc2ccc(C(=O)N3CC(C)OC(C)C3)cc2)cc1. The summed E-state index contributed by atoms with van der Waals surface area (Å²) in [6.45, 7) is 6.85. The van der Waals surface area contributed by atoms with Gasteiger partial charge in [0, 0.05) is 31.7 Å². The van der Waals surface area contributed by atoms with Crippen LogP contribution in [0, 0.1) is 0 Å². The summed E-state index contributed by atoms with van der Waals surface area (Å²) < 4.78 is 10.9. The van der Waals surface area contributed by atoms with E-state index < -0.39 is 0 Å². The molecule has 2 atom stereocenters. The summed E-state index contributed by atoms with van der Waals surface area (Å²) in [5.41, 5.74) is 3.09. The third kappa shape index (κ3) is 5.31. The van der Waals surface area contributed by atoms with Gasteiger partial charge in [-0.3, -0.25) is 4.79 Å². The number of hydrogen-bond donors (Lipinski definition) is 1. The minimum atomic E-state index is 0.0785. The summed E-state index contributed by atoms with van der Waals surface area (Å²) in [5, 5.41) is 3.43. The highest BCUT2D eigenvalue weighted by atomic mass is 16.5. The molecule has 0 spiro atoms. The van der Waals surface area contributed by atoms with Crippen LogP contribution in [0.1, 0.15) is 35.3 Å². The van der Waals surface area contributed by atoms with Crippen LogP contribution < -0.4 is 10.1 Å². The average Bonchev–Trinajstić information content (AvgIpc) is 2.68. The van der Waals surface area contributed by atoms with Crippen LogP contribution in [0.15, 0.2) is 48.5 Å². The van der Waals surface area contributed by atoms with E-state index in [1.807, 2.05) is 55.1 Å². The number of carbonyl (C=O) groups is 1. The van der Waals surface area contributed by atoms with Crippen molar-refractivity contribution in [2.24, 2.45) is 0 Å². The number of methoxy groups -OCH3 is 1. The molecule has 0 aromatic heterocycles. The van der Waals surface area contributed by atoms with E-state index in [2.05, 4.69) is 17.4 Å². The smallest absolute Gasteiger partial charge is 0.254 e. The molecule has 1 aliphatic rings. The lowest BCUT2D eigenvalue weighted by Gasteiger charge is -2.35. The molecule has 2 aromatic carbocycles. The predicted molar refractivity (Wildman–Crippen MR) is 106 cm³/mol. The molecule has 27 heavy (non-hydrogen) atoms. The fraction of sp³-hybridized carbons (Fsp3) is 0.409. The standard InChI is InChI=1S/C22H28N2O3/c1-16-14-24(15-17(2)27-16)22(25)20-8-4-18(5-9-20)12-23-13-19-6-10-21(26-3)11-7-19/h4-11,16-17,23H,12-15H2,1-3H3. The Morgan fingerprint density at radius 1 is 1.00 bits per heavy atom. The van der Waals surface area contributed by atoms with Crippen LogP contribution in [0.2, 0.25) is 0 Å². The third-order valence-electron chi connectivity index (χ3n) is 4.73. The maximum absolute atomic E-state index is 12.7. The first-order valence-electron chi connectivity index (χ1n) is 9.42. The minimum absolute atomic E-state index is 0.0785. The van der Waals surface area contributed by atoms with Gasteiger partial charge in [0.05, 0.1) is 19.3 Å². The van der Waals surface area contributed by atoms with Crippen molar-refractivity contribution in [1.82, 2.24) is 10.2 Å². The van der Waals surface area contributed by atoms with Gasteiger partial charge in [-0.05, 0) is 49.2 Å². The van der Waals surface area contributed by atoms with Crippen molar-refractivity contribution in [2.75, 3.05) is 20.2 Å². The average molecular weight is 368 g/mol. The molecule has 0 aliphatic carbocycles. The van der Waals surface area contributed by atoms with Crippen LogP contribution in [0.5, 0.6) is 5.75 Å². The van der Waals surface area contributed by atoms with E-state index in [9.17, 15) is 4.79 Å². The van der Waals surface area contributed by atoms with Gasteiger partial charge in [-0.15, -0.1) is 0 Å². The lowest BCUT2D eigenvalue weighted by molar-refractivity contribution is -0.0586. The number of amides is 1. The minimum Gasteiger partial charge on any atom is -0.497 e. The Balaban J connectivity index is 1.51. The van der Waals surface area contributed by atoms with Crippen LogP contribution >= 0.6 is 0 Å². The summed E-state index contributed by atoms with van der Waals surface area (Å²) >= 11 is 0. The Hall–Kier alpha value is -2.37. The first-order chi connectivity index (χ1) is 13.0. The topological polar surface area (TPSA) is 50.8 Å². The van der Waals surface area contributed by atoms with Crippen molar-refractivity contribution >= 4 is 5.91 Å². The van der Waals surface area contributed by atoms with Gasteiger partial charge >= 0.3 is 0 Å². The van der Waals surface area contributed by atoms with Crippen molar-refractivity contribution in [3.8, 4) is 5.75 Å². The van der Waals surface area contributed by atoms with Crippen LogP contribution in [-0.4, -0.2) is 43.2 Å². The lowest BCUT2D eigenvalue weighted by Crippen LogP contribution is -2.48. The summed E-state index contributed by atoms with van der Waals surface area (Å²) in [4.78, 5) is 14.6. The van der Waals surface area contributed by atoms with E-state index >= 15 is 0 Å². The Bertz CT molecular complexity index is 733. The van der Waals surface area contributed by atoms with Gasteiger partial charge in [0.25, 0.3) is 5.91 Å². The normalized spacial score (nSPS) is 19.7. The number of hydrogen-bond acceptors (Lipinski definition) is 4. The van der Waals surface area contributed by atoms with Crippen LogP contribution in [0.25, 0.3) is 0 Å². The second-order valence-corrected chi connectivity index (χ2v) is 7.12. The van der Waals surface area contributed by atoms with Gasteiger partial charge in [-0.2, -0.15) is 0 Å². The highest BCUT2D eigenvalue weighted by Crippen LogP contribution is 2.15. The fourth-order valence-corrected chi connectivity index (χ4v) is 3.39. The lowest BCUT2D eigenvalue weighted by atomic mass is 10.1. The molecule has 144 valence electrons. The van der Waals surface area contributed by atoms with Gasteiger partial charge in [0.15, 0.2) is 0 Å². The molecular weight excluding hydrogens is 340 g/mol. The number of rotatable bonds is 6. The molecule has 1 N–H and O–H groups in total. The van der Waals surface area contributed by atoms with Crippen molar-refractivity contribution in [2.45, 2.75) is 39.1 Å². The molecule has 2 aromatic rings. The molecule has 2 unspecified atom stereocenters. The fourth-order valence-electron chi connectivity index (χ4n) is 3.39. The van der Waals surface area contributed by atoms with Gasteiger partial charge < -0.3 is 19.7 Å². The van der Waals surface area contributed by atoms with E-state index in [4.69, 9.17) is 9.47 Å². The molecule has 0 saturated carbocycles. The predicted octanol–water partition coefficient (Wildman–Crippen LogP) is 3.23. The monoisotopic (exact) mass is 368 g/mol. The Labute approximate surface area is 161 Å². The van der Waals surface area contributed by atoms with Crippen molar-refractivity contribution < 1.29 is 14.3 Å². The van der Waals surface area contributed by atoms with Crippen LogP contribution in [0.3, 0.4) is 0 Å². The Kier molecular flexibility index (Phi) is 6.48. The zero-order chi connectivity index (χ0) is 19.2.